The van der Waals surface area contributed by atoms with Crippen LogP contribution in [0.15, 0.2) is 42.6 Å². The van der Waals surface area contributed by atoms with E-state index in [-0.39, 0.29) is 5.82 Å². The van der Waals surface area contributed by atoms with Gasteiger partial charge in [0.25, 0.3) is 0 Å². The van der Waals surface area contributed by atoms with Gasteiger partial charge in [-0.25, -0.2) is 15.2 Å². The number of anilines is 1. The van der Waals surface area contributed by atoms with E-state index in [0.29, 0.717) is 5.82 Å². The van der Waals surface area contributed by atoms with E-state index in [2.05, 4.69) is 15.3 Å². The van der Waals surface area contributed by atoms with Gasteiger partial charge in [0.15, 0.2) is 0 Å². The smallest absolute Gasteiger partial charge is 0.140 e. The van der Waals surface area contributed by atoms with Gasteiger partial charge in [0.2, 0.25) is 0 Å². The molecule has 1 aromatic heterocycles. The number of nitrogens with two attached hydrogens (primary N) is 1. The van der Waals surface area contributed by atoms with E-state index in [1.165, 1.54) is 12.1 Å². The highest BCUT2D eigenvalue weighted by Crippen LogP contribution is 2.11. The van der Waals surface area contributed by atoms with Gasteiger partial charge in [-0.1, -0.05) is 12.1 Å². The molecule has 0 bridgehead atoms. The largest absolute Gasteiger partial charge is 0.308 e. The highest BCUT2D eigenvalue weighted by molar-refractivity contribution is 5.35. The topological polar surface area (TPSA) is 54.2 Å². The van der Waals surface area contributed by atoms with Crippen LogP contribution in [-0.2, 0) is 13.1 Å². The first-order valence-corrected chi connectivity index (χ1v) is 6.02. The van der Waals surface area contributed by atoms with Gasteiger partial charge in [0.05, 0.1) is 0 Å². The lowest BCUT2D eigenvalue weighted by molar-refractivity contribution is 0.319. The number of nitrogen functional groups attached to an aromatic ring is 1. The molecule has 4 nitrogen and oxygen atoms in total. The Kier molecular flexibility index (Phi) is 4.43. The maximum absolute atomic E-state index is 12.8. The normalized spacial score (nSPS) is 10.7. The van der Waals surface area contributed by atoms with Crippen molar-refractivity contribution in [1.82, 2.24) is 9.88 Å². The van der Waals surface area contributed by atoms with Gasteiger partial charge in [0.1, 0.15) is 11.6 Å². The third-order valence-corrected chi connectivity index (χ3v) is 2.79. The first-order valence-electron chi connectivity index (χ1n) is 6.02. The van der Waals surface area contributed by atoms with E-state index in [1.54, 1.807) is 18.3 Å². The van der Waals surface area contributed by atoms with Crippen LogP contribution in [0.4, 0.5) is 10.2 Å². The second-order valence-electron chi connectivity index (χ2n) is 4.49. The molecule has 0 unspecified atom stereocenters. The van der Waals surface area contributed by atoms with Crippen molar-refractivity contribution in [2.75, 3.05) is 12.5 Å². The van der Waals surface area contributed by atoms with Crippen molar-refractivity contribution in [3.63, 3.8) is 0 Å². The monoisotopic (exact) mass is 260 g/mol. The van der Waals surface area contributed by atoms with Crippen molar-refractivity contribution < 1.29 is 4.39 Å². The Bertz CT molecular complexity index is 527. The molecule has 0 saturated heterocycles. The van der Waals surface area contributed by atoms with Crippen molar-refractivity contribution in [2.45, 2.75) is 13.1 Å². The lowest BCUT2D eigenvalue weighted by atomic mass is 10.2. The molecule has 0 amide bonds. The Hall–Kier alpha value is -1.98. The third-order valence-electron chi connectivity index (χ3n) is 2.79. The molecule has 1 aromatic carbocycles. The standard InChI is InChI=1S/C14H17FN4/c1-19(9-11-2-4-13(15)5-3-11)10-12-6-7-17-14(8-12)18-16/h2-8H,9-10,16H2,1H3,(H,17,18). The molecule has 0 fully saturated rings. The molecule has 0 aliphatic heterocycles. The number of benzene rings is 1. The van der Waals surface area contributed by atoms with Gasteiger partial charge in [-0.2, -0.15) is 0 Å². The number of pyridine rings is 1. The number of aromatic nitrogens is 1. The van der Waals surface area contributed by atoms with E-state index in [4.69, 9.17) is 5.84 Å². The Morgan fingerprint density at radius 3 is 2.53 bits per heavy atom. The lowest BCUT2D eigenvalue weighted by Crippen LogP contribution is -2.17. The molecule has 0 atom stereocenters. The number of nitrogens with one attached hydrogen (secondary N) is 1. The van der Waals surface area contributed by atoms with Gasteiger partial charge < -0.3 is 5.43 Å². The van der Waals surface area contributed by atoms with E-state index < -0.39 is 0 Å². The molecule has 5 heteroatoms. The number of hydrogen-bond acceptors (Lipinski definition) is 4. The first kappa shape index (κ1) is 13.5. The average Bonchev–Trinajstić information content (AvgIpc) is 2.41. The molecule has 2 aromatic rings. The molecule has 0 aliphatic carbocycles. The van der Waals surface area contributed by atoms with Gasteiger partial charge in [0, 0.05) is 19.3 Å². The highest BCUT2D eigenvalue weighted by atomic mass is 19.1. The lowest BCUT2D eigenvalue weighted by Gasteiger charge is -2.17. The summed E-state index contributed by atoms with van der Waals surface area (Å²) in [4.78, 5) is 6.20. The minimum Gasteiger partial charge on any atom is -0.308 e. The molecule has 100 valence electrons. The molecule has 0 spiro atoms. The number of halogens is 1. The van der Waals surface area contributed by atoms with Crippen LogP contribution >= 0.6 is 0 Å². The summed E-state index contributed by atoms with van der Waals surface area (Å²) in [6.07, 6.45) is 1.72. The van der Waals surface area contributed by atoms with Gasteiger partial charge in [-0.05, 0) is 42.4 Å². The third kappa shape index (κ3) is 4.01. The van der Waals surface area contributed by atoms with E-state index in [9.17, 15) is 4.39 Å². The summed E-state index contributed by atoms with van der Waals surface area (Å²) in [7, 11) is 2.01. The minimum absolute atomic E-state index is 0.209. The predicted molar refractivity (Wildman–Crippen MR) is 73.6 cm³/mol. The summed E-state index contributed by atoms with van der Waals surface area (Å²) >= 11 is 0. The Balaban J connectivity index is 1.96. The zero-order valence-corrected chi connectivity index (χ0v) is 10.8. The Morgan fingerprint density at radius 1 is 1.16 bits per heavy atom. The molecule has 3 N–H and O–H groups in total. The van der Waals surface area contributed by atoms with Crippen molar-refractivity contribution >= 4 is 5.82 Å². The summed E-state index contributed by atoms with van der Waals surface area (Å²) in [5, 5.41) is 0. The fraction of sp³-hybridized carbons (Fsp3) is 0.214. The van der Waals surface area contributed by atoms with Gasteiger partial charge >= 0.3 is 0 Å². The minimum atomic E-state index is -0.209. The molecule has 0 saturated carbocycles. The number of hydrogen-bond donors (Lipinski definition) is 2. The van der Waals surface area contributed by atoms with Crippen LogP contribution in [0.1, 0.15) is 11.1 Å². The number of nitrogens with zero attached hydrogens (tertiary/aromatic N) is 2. The molecule has 0 aliphatic rings. The van der Waals surface area contributed by atoms with Crippen LogP contribution < -0.4 is 11.3 Å². The second-order valence-corrected chi connectivity index (χ2v) is 4.49. The zero-order valence-electron chi connectivity index (χ0n) is 10.8. The number of rotatable bonds is 5. The summed E-state index contributed by atoms with van der Waals surface area (Å²) < 4.78 is 12.8. The molecule has 1 heterocycles. The van der Waals surface area contributed by atoms with Crippen LogP contribution in [0.5, 0.6) is 0 Å². The summed E-state index contributed by atoms with van der Waals surface area (Å²) in [5.41, 5.74) is 4.72. The highest BCUT2D eigenvalue weighted by Gasteiger charge is 2.03. The molecule has 19 heavy (non-hydrogen) atoms. The van der Waals surface area contributed by atoms with Crippen molar-refractivity contribution in [3.05, 3.63) is 59.5 Å². The van der Waals surface area contributed by atoms with Crippen LogP contribution in [0.3, 0.4) is 0 Å². The number of hydrazine groups is 1. The quantitative estimate of drug-likeness (QED) is 0.639. The van der Waals surface area contributed by atoms with Gasteiger partial charge in [-0.15, -0.1) is 0 Å². The zero-order chi connectivity index (χ0) is 13.7. The molecular formula is C14H17FN4. The van der Waals surface area contributed by atoms with E-state index in [0.717, 1.165) is 24.2 Å². The van der Waals surface area contributed by atoms with Crippen molar-refractivity contribution in [1.29, 1.82) is 0 Å². The van der Waals surface area contributed by atoms with Crippen LogP contribution in [0, 0.1) is 5.82 Å². The van der Waals surface area contributed by atoms with E-state index in [1.807, 2.05) is 19.2 Å². The summed E-state index contributed by atoms with van der Waals surface area (Å²) in [6.45, 7) is 1.53. The maximum atomic E-state index is 12.8. The average molecular weight is 260 g/mol. The second kappa shape index (κ2) is 6.26. The summed E-state index contributed by atoms with van der Waals surface area (Å²) in [6, 6.07) is 10.4. The predicted octanol–water partition coefficient (Wildman–Crippen LogP) is 2.14. The van der Waals surface area contributed by atoms with Crippen LogP contribution in [-0.4, -0.2) is 16.9 Å². The van der Waals surface area contributed by atoms with Crippen molar-refractivity contribution in [3.8, 4) is 0 Å². The first-order chi connectivity index (χ1) is 9.17. The molecular weight excluding hydrogens is 243 g/mol. The van der Waals surface area contributed by atoms with E-state index >= 15 is 0 Å². The maximum Gasteiger partial charge on any atom is 0.140 e. The molecule has 2 rings (SSSR count). The Labute approximate surface area is 112 Å². The van der Waals surface area contributed by atoms with Crippen molar-refractivity contribution in [2.24, 2.45) is 5.84 Å². The molecule has 0 radical (unpaired) electrons. The SMILES string of the molecule is CN(Cc1ccc(F)cc1)Cc1ccnc(NN)c1. The fourth-order valence-corrected chi connectivity index (χ4v) is 1.92. The van der Waals surface area contributed by atoms with Gasteiger partial charge in [-0.3, -0.25) is 4.90 Å². The summed E-state index contributed by atoms with van der Waals surface area (Å²) in [5.74, 6) is 5.76. The Morgan fingerprint density at radius 2 is 1.84 bits per heavy atom. The van der Waals surface area contributed by atoms with Crippen LogP contribution in [0.25, 0.3) is 0 Å². The van der Waals surface area contributed by atoms with Crippen LogP contribution in [0.2, 0.25) is 0 Å². The fourth-order valence-electron chi connectivity index (χ4n) is 1.92.